The highest BCUT2D eigenvalue weighted by Gasteiger charge is 2.44. The van der Waals surface area contributed by atoms with E-state index in [0.717, 1.165) is 0 Å². The number of amides is 1. The molecule has 1 aliphatic heterocycles. The smallest absolute Gasteiger partial charge is 0.303 e. The number of ether oxygens (including phenoxy) is 5. The summed E-state index contributed by atoms with van der Waals surface area (Å²) in [6, 6.07) is 0. The Labute approximate surface area is 176 Å². The molecular formula is C19H34N2O9. The van der Waals surface area contributed by atoms with E-state index in [9.17, 15) is 19.2 Å². The Bertz CT molecular complexity index is 556. The van der Waals surface area contributed by atoms with Gasteiger partial charge >= 0.3 is 17.9 Å². The number of rotatable bonds is 10. The van der Waals surface area contributed by atoms with Gasteiger partial charge in [-0.15, -0.1) is 0 Å². The predicted octanol–water partition coefficient (Wildman–Crippen LogP) is 0.0357. The fourth-order valence-corrected chi connectivity index (χ4v) is 2.73. The first-order chi connectivity index (χ1) is 14.2. The quantitative estimate of drug-likeness (QED) is 0.274. The van der Waals surface area contributed by atoms with Crippen molar-refractivity contribution in [1.29, 1.82) is 0 Å². The third-order valence-electron chi connectivity index (χ3n) is 3.94. The fourth-order valence-electron chi connectivity index (χ4n) is 2.73. The van der Waals surface area contributed by atoms with Gasteiger partial charge in [-0.05, 0) is 19.9 Å². The SMILES string of the molecule is CN.CNC(=O)CCCCOC1CC(OC(C)=O)C(OC(C)=O)C(COC(C)=O)O1. The van der Waals surface area contributed by atoms with Crippen LogP contribution in [-0.2, 0) is 42.9 Å². The molecule has 0 bridgehead atoms. The van der Waals surface area contributed by atoms with Crippen LogP contribution in [0.2, 0.25) is 0 Å². The van der Waals surface area contributed by atoms with Gasteiger partial charge in [0.05, 0.1) is 0 Å². The van der Waals surface area contributed by atoms with Crippen molar-refractivity contribution in [3.63, 3.8) is 0 Å². The van der Waals surface area contributed by atoms with E-state index in [1.165, 1.54) is 27.8 Å². The lowest BCUT2D eigenvalue weighted by atomic mass is 10.0. The number of carbonyl (C=O) groups excluding carboxylic acids is 4. The van der Waals surface area contributed by atoms with E-state index < -0.39 is 42.5 Å². The number of carbonyl (C=O) groups is 4. The molecular weight excluding hydrogens is 400 g/mol. The van der Waals surface area contributed by atoms with E-state index in [1.807, 2.05) is 0 Å². The molecule has 0 aromatic heterocycles. The van der Waals surface area contributed by atoms with Crippen LogP contribution < -0.4 is 11.1 Å². The van der Waals surface area contributed by atoms with Crippen LogP contribution in [0.15, 0.2) is 0 Å². The van der Waals surface area contributed by atoms with Crippen molar-refractivity contribution in [2.45, 2.75) is 71.1 Å². The van der Waals surface area contributed by atoms with E-state index in [4.69, 9.17) is 23.7 Å². The van der Waals surface area contributed by atoms with Gasteiger partial charge in [0, 0.05) is 47.3 Å². The van der Waals surface area contributed by atoms with E-state index in [0.29, 0.717) is 25.9 Å². The number of hydrogen-bond donors (Lipinski definition) is 2. The highest BCUT2D eigenvalue weighted by atomic mass is 16.7. The second-order valence-electron chi connectivity index (χ2n) is 6.37. The molecule has 30 heavy (non-hydrogen) atoms. The lowest BCUT2D eigenvalue weighted by Crippen LogP contribution is -2.54. The fraction of sp³-hybridized carbons (Fsp3) is 0.789. The van der Waals surface area contributed by atoms with Crippen LogP contribution in [0, 0.1) is 0 Å². The lowest BCUT2D eigenvalue weighted by molar-refractivity contribution is -0.266. The van der Waals surface area contributed by atoms with Crippen molar-refractivity contribution < 1.29 is 42.9 Å². The van der Waals surface area contributed by atoms with Crippen LogP contribution in [0.1, 0.15) is 46.5 Å². The first-order valence-electron chi connectivity index (χ1n) is 9.76. The van der Waals surface area contributed by atoms with Crippen LogP contribution in [0.3, 0.4) is 0 Å². The molecule has 1 fully saturated rings. The third-order valence-corrected chi connectivity index (χ3v) is 3.94. The van der Waals surface area contributed by atoms with Gasteiger partial charge in [-0.2, -0.15) is 0 Å². The minimum Gasteiger partial charge on any atom is -0.463 e. The van der Waals surface area contributed by atoms with Gasteiger partial charge in [0.2, 0.25) is 5.91 Å². The van der Waals surface area contributed by atoms with E-state index >= 15 is 0 Å². The van der Waals surface area contributed by atoms with Crippen molar-refractivity contribution >= 4 is 23.8 Å². The van der Waals surface area contributed by atoms with Crippen LogP contribution in [-0.4, -0.2) is 75.7 Å². The highest BCUT2D eigenvalue weighted by Crippen LogP contribution is 2.27. The van der Waals surface area contributed by atoms with Crippen LogP contribution in [0.4, 0.5) is 0 Å². The summed E-state index contributed by atoms with van der Waals surface area (Å²) in [7, 11) is 3.08. The van der Waals surface area contributed by atoms with E-state index in [1.54, 1.807) is 7.05 Å². The molecule has 0 aromatic carbocycles. The van der Waals surface area contributed by atoms with Gasteiger partial charge in [-0.25, -0.2) is 0 Å². The minimum absolute atomic E-state index is 0.0468. The summed E-state index contributed by atoms with van der Waals surface area (Å²) in [4.78, 5) is 45.2. The zero-order valence-electron chi connectivity index (χ0n) is 18.3. The van der Waals surface area contributed by atoms with Crippen molar-refractivity contribution in [2.24, 2.45) is 5.73 Å². The molecule has 3 N–H and O–H groups in total. The van der Waals surface area contributed by atoms with Crippen molar-refractivity contribution in [3.8, 4) is 0 Å². The minimum atomic E-state index is -0.922. The first kappa shape index (κ1) is 27.8. The Balaban J connectivity index is 0.00000407. The van der Waals surface area contributed by atoms with Gasteiger partial charge in [-0.3, -0.25) is 19.2 Å². The summed E-state index contributed by atoms with van der Waals surface area (Å²) in [5.74, 6) is -1.69. The summed E-state index contributed by atoms with van der Waals surface area (Å²) >= 11 is 0. The molecule has 174 valence electrons. The third kappa shape index (κ3) is 11.7. The average molecular weight is 434 g/mol. The zero-order chi connectivity index (χ0) is 23.1. The Morgan fingerprint density at radius 3 is 2.17 bits per heavy atom. The Kier molecular flexibility index (Phi) is 14.4. The Morgan fingerprint density at radius 2 is 1.63 bits per heavy atom. The number of esters is 3. The van der Waals surface area contributed by atoms with Gasteiger partial charge in [0.25, 0.3) is 0 Å². The molecule has 1 saturated heterocycles. The maximum atomic E-state index is 11.4. The maximum absolute atomic E-state index is 11.4. The standard InChI is InChI=1S/C18H29NO9.CH5N/c1-11(20)25-10-15-18(27-13(3)22)14(26-12(2)21)9-17(28-15)24-8-6-5-7-16(23)19-4;1-2/h14-15,17-18H,5-10H2,1-4H3,(H,19,23);2H2,1H3. The molecule has 4 atom stereocenters. The zero-order valence-corrected chi connectivity index (χ0v) is 18.3. The van der Waals surface area contributed by atoms with Gasteiger partial charge < -0.3 is 34.7 Å². The molecule has 1 aliphatic rings. The second-order valence-corrected chi connectivity index (χ2v) is 6.37. The molecule has 4 unspecified atom stereocenters. The van der Waals surface area contributed by atoms with Crippen molar-refractivity contribution in [3.05, 3.63) is 0 Å². The largest absolute Gasteiger partial charge is 0.463 e. The molecule has 0 saturated carbocycles. The monoisotopic (exact) mass is 434 g/mol. The summed E-state index contributed by atoms with van der Waals surface area (Å²) in [6.45, 7) is 3.86. The van der Waals surface area contributed by atoms with Crippen molar-refractivity contribution in [2.75, 3.05) is 27.3 Å². The van der Waals surface area contributed by atoms with Crippen LogP contribution in [0.25, 0.3) is 0 Å². The number of nitrogens with two attached hydrogens (primary N) is 1. The van der Waals surface area contributed by atoms with Crippen LogP contribution >= 0.6 is 0 Å². The number of unbranched alkanes of at least 4 members (excludes halogenated alkanes) is 1. The van der Waals surface area contributed by atoms with Crippen LogP contribution in [0.5, 0.6) is 0 Å². The van der Waals surface area contributed by atoms with Gasteiger partial charge in [-0.1, -0.05) is 0 Å². The average Bonchev–Trinajstić information content (AvgIpc) is 2.68. The summed E-state index contributed by atoms with van der Waals surface area (Å²) in [5, 5.41) is 2.54. The maximum Gasteiger partial charge on any atom is 0.303 e. The number of nitrogens with one attached hydrogen (secondary N) is 1. The topological polar surface area (TPSA) is 152 Å². The first-order valence-corrected chi connectivity index (χ1v) is 9.76. The summed E-state index contributed by atoms with van der Waals surface area (Å²) in [6.07, 6.45) is -1.48. The highest BCUT2D eigenvalue weighted by molar-refractivity contribution is 5.75. The molecule has 1 rings (SSSR count). The summed E-state index contributed by atoms with van der Waals surface area (Å²) < 4.78 is 26.9. The summed E-state index contributed by atoms with van der Waals surface area (Å²) in [5.41, 5.74) is 4.50. The van der Waals surface area contributed by atoms with Gasteiger partial charge in [0.1, 0.15) is 18.8 Å². The molecule has 0 radical (unpaired) electrons. The van der Waals surface area contributed by atoms with Gasteiger partial charge in [0.15, 0.2) is 12.4 Å². The second kappa shape index (κ2) is 15.6. The van der Waals surface area contributed by atoms with E-state index in [-0.39, 0.29) is 18.9 Å². The van der Waals surface area contributed by atoms with Crippen molar-refractivity contribution in [1.82, 2.24) is 5.32 Å². The Morgan fingerprint density at radius 1 is 1.00 bits per heavy atom. The molecule has 1 amide bonds. The normalized spacial score (nSPS) is 22.7. The molecule has 0 aromatic rings. The molecule has 1 heterocycles. The van der Waals surface area contributed by atoms with E-state index in [2.05, 4.69) is 11.1 Å². The molecule has 11 nitrogen and oxygen atoms in total. The molecule has 0 aliphatic carbocycles. The number of hydrogen-bond acceptors (Lipinski definition) is 10. The molecule has 11 heteroatoms. The Hall–Kier alpha value is -2.24. The lowest BCUT2D eigenvalue weighted by Gasteiger charge is -2.39. The predicted molar refractivity (Wildman–Crippen MR) is 105 cm³/mol. The molecule has 0 spiro atoms.